The number of carbonyl (C=O) groups is 2. The highest BCUT2D eigenvalue weighted by Crippen LogP contribution is 2.25. The number of rotatable bonds is 1. The van der Waals surface area contributed by atoms with Crippen LogP contribution in [-0.4, -0.2) is 26.9 Å². The third-order valence-corrected chi connectivity index (χ3v) is 3.00. The summed E-state index contributed by atoms with van der Waals surface area (Å²) in [7, 11) is 0. The van der Waals surface area contributed by atoms with Gasteiger partial charge in [-0.1, -0.05) is 0 Å². The van der Waals surface area contributed by atoms with Crippen molar-refractivity contribution in [2.75, 3.05) is 0 Å². The van der Waals surface area contributed by atoms with Gasteiger partial charge in [-0.05, 0) is 18.1 Å². The molecule has 6 nitrogen and oxygen atoms in total. The molecule has 6 heteroatoms. The largest absolute Gasteiger partial charge is 0.477 e. The molecule has 1 aromatic rings. The van der Waals surface area contributed by atoms with Crippen molar-refractivity contribution in [1.82, 2.24) is 9.88 Å². The van der Waals surface area contributed by atoms with E-state index in [9.17, 15) is 14.4 Å². The summed E-state index contributed by atoms with van der Waals surface area (Å²) < 4.78 is 0. The van der Waals surface area contributed by atoms with Crippen molar-refractivity contribution >= 4 is 11.9 Å². The van der Waals surface area contributed by atoms with Crippen LogP contribution in [0.2, 0.25) is 0 Å². The number of H-pyrrole nitrogens is 1. The first-order chi connectivity index (χ1) is 7.91. The fourth-order valence-corrected chi connectivity index (χ4v) is 2.10. The van der Waals surface area contributed by atoms with Crippen LogP contribution in [0.1, 0.15) is 34.1 Å². The van der Waals surface area contributed by atoms with Gasteiger partial charge in [0.2, 0.25) is 5.91 Å². The van der Waals surface area contributed by atoms with E-state index in [1.165, 1.54) is 11.8 Å². The molecule has 0 aliphatic carbocycles. The van der Waals surface area contributed by atoms with E-state index in [0.29, 0.717) is 17.8 Å². The van der Waals surface area contributed by atoms with Crippen molar-refractivity contribution in [3.63, 3.8) is 0 Å². The van der Waals surface area contributed by atoms with E-state index in [1.807, 2.05) is 0 Å². The first-order valence-corrected chi connectivity index (χ1v) is 5.15. The Labute approximate surface area is 96.9 Å². The Balaban J connectivity index is 2.63. The van der Waals surface area contributed by atoms with E-state index in [1.54, 1.807) is 6.92 Å². The number of pyridine rings is 1. The highest BCUT2D eigenvalue weighted by atomic mass is 16.4. The molecule has 0 atom stereocenters. The fourth-order valence-electron chi connectivity index (χ4n) is 2.10. The molecule has 0 aromatic carbocycles. The highest BCUT2D eigenvalue weighted by Gasteiger charge is 2.29. The smallest absolute Gasteiger partial charge is 0.341 e. The zero-order chi connectivity index (χ0) is 12.7. The van der Waals surface area contributed by atoms with Crippen molar-refractivity contribution in [2.24, 2.45) is 0 Å². The van der Waals surface area contributed by atoms with Crippen LogP contribution in [0.5, 0.6) is 0 Å². The molecule has 17 heavy (non-hydrogen) atoms. The Morgan fingerprint density at radius 2 is 1.88 bits per heavy atom. The summed E-state index contributed by atoms with van der Waals surface area (Å²) in [6.45, 7) is 3.67. The van der Waals surface area contributed by atoms with Crippen LogP contribution in [0.3, 0.4) is 0 Å². The Hall–Kier alpha value is -2.11. The lowest BCUT2D eigenvalue weighted by Crippen LogP contribution is -2.23. The van der Waals surface area contributed by atoms with Crippen molar-refractivity contribution in [3.8, 4) is 0 Å². The molecule has 1 amide bonds. The number of carbonyl (C=O) groups excluding carboxylic acids is 1. The molecule has 2 N–H and O–H groups in total. The van der Waals surface area contributed by atoms with Gasteiger partial charge in [0.15, 0.2) is 0 Å². The molecule has 90 valence electrons. The number of fused-ring (bicyclic) bond motifs is 1. The number of amides is 1. The lowest BCUT2D eigenvalue weighted by Gasteiger charge is -2.11. The van der Waals surface area contributed by atoms with Crippen molar-refractivity contribution in [3.05, 3.63) is 32.7 Å². The zero-order valence-electron chi connectivity index (χ0n) is 9.53. The van der Waals surface area contributed by atoms with Gasteiger partial charge in [-0.25, -0.2) is 4.79 Å². The van der Waals surface area contributed by atoms with Crippen LogP contribution in [0, 0.1) is 6.92 Å². The fraction of sp³-hybridized carbons (Fsp3) is 0.364. The molecule has 0 saturated carbocycles. The SMILES string of the molecule is CC(=O)N1Cc2c(C)[nH]c(=O)c(C(=O)O)c2C1. The second-order valence-corrected chi connectivity index (χ2v) is 4.09. The Morgan fingerprint density at radius 3 is 2.41 bits per heavy atom. The Bertz CT molecular complexity index is 574. The normalized spacial score (nSPS) is 13.6. The molecule has 1 aliphatic rings. The number of hydrogen-bond donors (Lipinski definition) is 2. The molecule has 0 radical (unpaired) electrons. The maximum atomic E-state index is 11.6. The topological polar surface area (TPSA) is 90.5 Å². The first kappa shape index (κ1) is 11.4. The monoisotopic (exact) mass is 236 g/mol. The molecule has 0 spiro atoms. The van der Waals surface area contributed by atoms with Crippen LogP contribution < -0.4 is 5.56 Å². The van der Waals surface area contributed by atoms with Crippen LogP contribution in [-0.2, 0) is 17.9 Å². The second kappa shape index (κ2) is 3.73. The van der Waals surface area contributed by atoms with E-state index in [0.717, 1.165) is 5.56 Å². The summed E-state index contributed by atoms with van der Waals surface area (Å²) in [4.78, 5) is 37.9. The number of aromatic nitrogens is 1. The number of aromatic amines is 1. The number of carboxylic acid groups (broad SMARTS) is 1. The molecule has 2 rings (SSSR count). The molecule has 0 saturated heterocycles. The predicted molar refractivity (Wildman–Crippen MR) is 58.7 cm³/mol. The third kappa shape index (κ3) is 1.71. The second-order valence-electron chi connectivity index (χ2n) is 4.09. The summed E-state index contributed by atoms with van der Waals surface area (Å²) in [5.41, 5.74) is 0.943. The minimum absolute atomic E-state index is 0.135. The van der Waals surface area contributed by atoms with E-state index < -0.39 is 11.5 Å². The molecule has 0 unspecified atom stereocenters. The standard InChI is InChI=1S/C11H12N2O4/c1-5-7-3-13(6(2)14)4-8(7)9(11(16)17)10(15)12-5/h3-4H2,1-2H3,(H,12,15)(H,16,17). The van der Waals surface area contributed by atoms with E-state index in [2.05, 4.69) is 4.98 Å². The van der Waals surface area contributed by atoms with Gasteiger partial charge in [-0.15, -0.1) is 0 Å². The van der Waals surface area contributed by atoms with E-state index >= 15 is 0 Å². The quantitative estimate of drug-likeness (QED) is 0.731. The van der Waals surface area contributed by atoms with Crippen LogP contribution in [0.15, 0.2) is 4.79 Å². The average Bonchev–Trinajstić information content (AvgIpc) is 2.61. The number of nitrogens with zero attached hydrogens (tertiary/aromatic N) is 1. The average molecular weight is 236 g/mol. The lowest BCUT2D eigenvalue weighted by atomic mass is 10.0. The van der Waals surface area contributed by atoms with Gasteiger partial charge in [0.1, 0.15) is 5.56 Å². The number of aromatic carboxylic acids is 1. The van der Waals surface area contributed by atoms with E-state index in [4.69, 9.17) is 5.11 Å². The molecular formula is C11H12N2O4. The van der Waals surface area contributed by atoms with Gasteiger partial charge < -0.3 is 15.0 Å². The van der Waals surface area contributed by atoms with Crippen molar-refractivity contribution in [2.45, 2.75) is 26.9 Å². The van der Waals surface area contributed by atoms with Gasteiger partial charge in [0.05, 0.1) is 0 Å². The third-order valence-electron chi connectivity index (χ3n) is 3.00. The Kier molecular flexibility index (Phi) is 2.49. The molecular weight excluding hydrogens is 224 g/mol. The summed E-state index contributed by atoms with van der Waals surface area (Å²) in [6.07, 6.45) is 0. The molecule has 0 fully saturated rings. The van der Waals surface area contributed by atoms with Gasteiger partial charge in [0, 0.05) is 25.7 Å². The van der Waals surface area contributed by atoms with Crippen LogP contribution >= 0.6 is 0 Å². The summed E-state index contributed by atoms with van der Waals surface area (Å²) in [5.74, 6) is -1.39. The maximum absolute atomic E-state index is 11.6. The molecule has 0 bridgehead atoms. The van der Waals surface area contributed by atoms with Crippen LogP contribution in [0.25, 0.3) is 0 Å². The summed E-state index contributed by atoms with van der Waals surface area (Å²) in [5, 5.41) is 9.02. The molecule has 1 aliphatic heterocycles. The van der Waals surface area contributed by atoms with Crippen LogP contribution in [0.4, 0.5) is 0 Å². The number of aryl methyl sites for hydroxylation is 1. The van der Waals surface area contributed by atoms with Crippen molar-refractivity contribution in [1.29, 1.82) is 0 Å². The molecule has 1 aromatic heterocycles. The summed E-state index contributed by atoms with van der Waals surface area (Å²) in [6, 6.07) is 0. The predicted octanol–water partition coefficient (Wildman–Crippen LogP) is 0.244. The summed E-state index contributed by atoms with van der Waals surface area (Å²) >= 11 is 0. The van der Waals surface area contributed by atoms with Gasteiger partial charge in [0.25, 0.3) is 5.56 Å². The molecule has 2 heterocycles. The highest BCUT2D eigenvalue weighted by molar-refractivity contribution is 5.90. The zero-order valence-corrected chi connectivity index (χ0v) is 9.53. The van der Waals surface area contributed by atoms with E-state index in [-0.39, 0.29) is 18.0 Å². The lowest BCUT2D eigenvalue weighted by molar-refractivity contribution is -0.129. The Morgan fingerprint density at radius 1 is 1.29 bits per heavy atom. The van der Waals surface area contributed by atoms with Gasteiger partial charge in [-0.3, -0.25) is 9.59 Å². The minimum Gasteiger partial charge on any atom is -0.477 e. The number of hydrogen-bond acceptors (Lipinski definition) is 3. The van der Waals surface area contributed by atoms with Gasteiger partial charge >= 0.3 is 5.97 Å². The van der Waals surface area contributed by atoms with Crippen molar-refractivity contribution < 1.29 is 14.7 Å². The minimum atomic E-state index is -1.26. The maximum Gasteiger partial charge on any atom is 0.341 e. The number of nitrogens with one attached hydrogen (secondary N) is 1. The first-order valence-electron chi connectivity index (χ1n) is 5.15. The number of carboxylic acids is 1. The van der Waals surface area contributed by atoms with Gasteiger partial charge in [-0.2, -0.15) is 0 Å².